The van der Waals surface area contributed by atoms with Gasteiger partial charge in [0.1, 0.15) is 11.5 Å². The lowest BCUT2D eigenvalue weighted by molar-refractivity contribution is -0.123. The average Bonchev–Trinajstić information content (AvgIpc) is 2.77. The quantitative estimate of drug-likeness (QED) is 0.587. The third-order valence-electron chi connectivity index (χ3n) is 4.52. The lowest BCUT2D eigenvalue weighted by Crippen LogP contribution is -2.33. The molecule has 0 aromatic heterocycles. The number of carbonyl (C=O) groups excluding carboxylic acids is 2. The van der Waals surface area contributed by atoms with Gasteiger partial charge in [0.15, 0.2) is 12.4 Å². The Kier molecular flexibility index (Phi) is 6.63. The molecule has 3 aromatic rings. The zero-order chi connectivity index (χ0) is 20.6. The van der Waals surface area contributed by atoms with Crippen molar-refractivity contribution in [1.82, 2.24) is 5.32 Å². The summed E-state index contributed by atoms with van der Waals surface area (Å²) in [5, 5.41) is 3.03. The summed E-state index contributed by atoms with van der Waals surface area (Å²) in [6.07, 6.45) is 0. The van der Waals surface area contributed by atoms with E-state index in [9.17, 15) is 9.59 Å². The summed E-state index contributed by atoms with van der Waals surface area (Å²) >= 11 is 0. The molecule has 0 bridgehead atoms. The number of Topliss-reactive ketones (excluding diaryl/α,β-unsaturated/α-hetero) is 1. The number of benzene rings is 3. The van der Waals surface area contributed by atoms with Crippen molar-refractivity contribution in [3.8, 4) is 11.5 Å². The summed E-state index contributed by atoms with van der Waals surface area (Å²) < 4.78 is 10.8. The topological polar surface area (TPSA) is 64.6 Å². The van der Waals surface area contributed by atoms with Gasteiger partial charge in [-0.05, 0) is 54.4 Å². The zero-order valence-electron chi connectivity index (χ0n) is 16.4. The molecular formula is C24H23NO4. The normalized spacial score (nSPS) is 11.4. The monoisotopic (exact) mass is 389 g/mol. The van der Waals surface area contributed by atoms with Crippen LogP contribution in [0.25, 0.3) is 0 Å². The summed E-state index contributed by atoms with van der Waals surface area (Å²) in [7, 11) is 1.62. The molecule has 148 valence electrons. The lowest BCUT2D eigenvalue weighted by atomic mass is 9.98. The second-order valence-corrected chi connectivity index (χ2v) is 6.55. The number of methoxy groups -OCH3 is 1. The van der Waals surface area contributed by atoms with Crippen LogP contribution < -0.4 is 14.8 Å². The molecule has 0 aliphatic carbocycles. The van der Waals surface area contributed by atoms with Gasteiger partial charge in [-0.15, -0.1) is 0 Å². The number of rotatable bonds is 8. The van der Waals surface area contributed by atoms with E-state index in [1.165, 1.54) is 6.92 Å². The zero-order valence-corrected chi connectivity index (χ0v) is 16.4. The smallest absolute Gasteiger partial charge is 0.258 e. The Morgan fingerprint density at radius 3 is 2.00 bits per heavy atom. The van der Waals surface area contributed by atoms with E-state index in [-0.39, 0.29) is 24.3 Å². The standard InChI is InChI=1S/C24H23NO4/c1-17(26)18-8-14-22(15-9-18)29-16-23(27)25-24(19-6-4-3-5-7-19)20-10-12-21(28-2)13-11-20/h3-15,24H,16H2,1-2H3,(H,25,27)/t24-/m0/s1. The first-order valence-corrected chi connectivity index (χ1v) is 9.29. The first-order chi connectivity index (χ1) is 14.1. The van der Waals surface area contributed by atoms with Crippen LogP contribution >= 0.6 is 0 Å². The van der Waals surface area contributed by atoms with Crippen molar-refractivity contribution in [2.75, 3.05) is 13.7 Å². The molecule has 29 heavy (non-hydrogen) atoms. The van der Waals surface area contributed by atoms with Gasteiger partial charge in [-0.25, -0.2) is 0 Å². The molecule has 1 N–H and O–H groups in total. The van der Waals surface area contributed by atoms with E-state index >= 15 is 0 Å². The first-order valence-electron chi connectivity index (χ1n) is 9.29. The second kappa shape index (κ2) is 9.55. The van der Waals surface area contributed by atoms with E-state index in [0.29, 0.717) is 11.3 Å². The number of hydrogen-bond donors (Lipinski definition) is 1. The molecule has 0 heterocycles. The molecule has 3 aromatic carbocycles. The minimum atomic E-state index is -0.307. The van der Waals surface area contributed by atoms with Crippen molar-refractivity contribution >= 4 is 11.7 Å². The van der Waals surface area contributed by atoms with Gasteiger partial charge in [0.25, 0.3) is 5.91 Å². The fourth-order valence-corrected chi connectivity index (χ4v) is 2.94. The number of hydrogen-bond acceptors (Lipinski definition) is 4. The molecule has 0 unspecified atom stereocenters. The minimum absolute atomic E-state index is 0.0144. The fourth-order valence-electron chi connectivity index (χ4n) is 2.94. The number of amides is 1. The van der Waals surface area contributed by atoms with Gasteiger partial charge in [-0.2, -0.15) is 0 Å². The van der Waals surface area contributed by atoms with E-state index in [0.717, 1.165) is 16.9 Å². The number of nitrogens with one attached hydrogen (secondary N) is 1. The van der Waals surface area contributed by atoms with Crippen LogP contribution in [0.4, 0.5) is 0 Å². The van der Waals surface area contributed by atoms with Crippen LogP contribution in [0.15, 0.2) is 78.9 Å². The van der Waals surface area contributed by atoms with Crippen molar-refractivity contribution in [3.63, 3.8) is 0 Å². The van der Waals surface area contributed by atoms with E-state index in [2.05, 4.69) is 5.32 Å². The van der Waals surface area contributed by atoms with Crippen molar-refractivity contribution in [1.29, 1.82) is 0 Å². The predicted octanol–water partition coefficient (Wildman–Crippen LogP) is 4.18. The summed E-state index contributed by atoms with van der Waals surface area (Å²) in [5.41, 5.74) is 2.51. The van der Waals surface area contributed by atoms with Crippen molar-refractivity contribution < 1.29 is 19.1 Å². The summed E-state index contributed by atoms with van der Waals surface area (Å²) in [6, 6.07) is 23.8. The molecule has 0 spiro atoms. The van der Waals surface area contributed by atoms with Crippen molar-refractivity contribution in [2.45, 2.75) is 13.0 Å². The van der Waals surface area contributed by atoms with Gasteiger partial charge >= 0.3 is 0 Å². The molecular weight excluding hydrogens is 366 g/mol. The predicted molar refractivity (Wildman–Crippen MR) is 111 cm³/mol. The second-order valence-electron chi connectivity index (χ2n) is 6.55. The highest BCUT2D eigenvalue weighted by atomic mass is 16.5. The largest absolute Gasteiger partial charge is 0.497 e. The van der Waals surface area contributed by atoms with Crippen LogP contribution in [0.1, 0.15) is 34.5 Å². The van der Waals surface area contributed by atoms with Crippen molar-refractivity contribution in [2.24, 2.45) is 0 Å². The highest BCUT2D eigenvalue weighted by molar-refractivity contribution is 5.94. The molecule has 0 saturated heterocycles. The van der Waals surface area contributed by atoms with E-state index < -0.39 is 0 Å². The molecule has 0 aliphatic heterocycles. The highest BCUT2D eigenvalue weighted by Gasteiger charge is 2.17. The number of carbonyl (C=O) groups is 2. The third-order valence-corrected chi connectivity index (χ3v) is 4.52. The lowest BCUT2D eigenvalue weighted by Gasteiger charge is -2.20. The van der Waals surface area contributed by atoms with Crippen LogP contribution in [0.5, 0.6) is 11.5 Å². The van der Waals surface area contributed by atoms with Crippen LogP contribution in [0, 0.1) is 0 Å². The summed E-state index contributed by atoms with van der Waals surface area (Å²) in [6.45, 7) is 1.38. The number of ether oxygens (including phenoxy) is 2. The molecule has 0 aliphatic rings. The Bertz CT molecular complexity index is 950. The van der Waals surface area contributed by atoms with Crippen LogP contribution in [0.2, 0.25) is 0 Å². The van der Waals surface area contributed by atoms with Gasteiger partial charge in [0.05, 0.1) is 13.2 Å². The molecule has 3 rings (SSSR count). The maximum atomic E-state index is 12.6. The average molecular weight is 389 g/mol. The van der Waals surface area contributed by atoms with Gasteiger partial charge < -0.3 is 14.8 Å². The molecule has 5 nitrogen and oxygen atoms in total. The first kappa shape index (κ1) is 20.1. The van der Waals surface area contributed by atoms with Gasteiger partial charge in [-0.3, -0.25) is 9.59 Å². The Labute approximate surface area is 170 Å². The number of ketones is 1. The fraction of sp³-hybridized carbons (Fsp3) is 0.167. The highest BCUT2D eigenvalue weighted by Crippen LogP contribution is 2.24. The van der Waals surface area contributed by atoms with Gasteiger partial charge in [0, 0.05) is 5.56 Å². The maximum absolute atomic E-state index is 12.6. The van der Waals surface area contributed by atoms with Gasteiger partial charge in [-0.1, -0.05) is 42.5 Å². The van der Waals surface area contributed by atoms with Crippen LogP contribution in [-0.2, 0) is 4.79 Å². The Hall–Kier alpha value is -3.60. The Morgan fingerprint density at radius 2 is 1.41 bits per heavy atom. The molecule has 0 saturated carbocycles. The molecule has 0 radical (unpaired) electrons. The SMILES string of the molecule is COc1ccc([C@@H](NC(=O)COc2ccc(C(C)=O)cc2)c2ccccc2)cc1. The molecule has 0 fully saturated rings. The third kappa shape index (κ3) is 5.45. The summed E-state index contributed by atoms with van der Waals surface area (Å²) in [5.74, 6) is 1.03. The maximum Gasteiger partial charge on any atom is 0.258 e. The molecule has 5 heteroatoms. The van der Waals surface area contributed by atoms with Gasteiger partial charge in [0.2, 0.25) is 0 Å². The Balaban J connectivity index is 1.69. The van der Waals surface area contributed by atoms with E-state index in [4.69, 9.17) is 9.47 Å². The van der Waals surface area contributed by atoms with E-state index in [1.807, 2.05) is 54.6 Å². The van der Waals surface area contributed by atoms with Crippen LogP contribution in [0.3, 0.4) is 0 Å². The van der Waals surface area contributed by atoms with Crippen LogP contribution in [-0.4, -0.2) is 25.4 Å². The Morgan fingerprint density at radius 1 is 0.828 bits per heavy atom. The summed E-state index contributed by atoms with van der Waals surface area (Å²) in [4.78, 5) is 23.9. The molecule has 1 atom stereocenters. The molecule has 1 amide bonds. The van der Waals surface area contributed by atoms with Crippen molar-refractivity contribution in [3.05, 3.63) is 95.6 Å². The van der Waals surface area contributed by atoms with E-state index in [1.54, 1.807) is 31.4 Å². The minimum Gasteiger partial charge on any atom is -0.497 e.